The SMILES string of the molecule is CC(NC(=O)C(N)CS)C(=O)NC(CC(=O)O)C(=O)N1CCCC1C(=O)O. The summed E-state index contributed by atoms with van der Waals surface area (Å²) in [6, 6.07) is -4.52. The van der Waals surface area contributed by atoms with Crippen molar-refractivity contribution in [2.24, 2.45) is 5.73 Å². The molecule has 0 aromatic carbocycles. The number of carbonyl (C=O) groups is 5. The molecular formula is C15H24N4O7S. The van der Waals surface area contributed by atoms with Gasteiger partial charge in [-0.05, 0) is 19.8 Å². The summed E-state index contributed by atoms with van der Waals surface area (Å²) in [5.41, 5.74) is 5.49. The summed E-state index contributed by atoms with van der Waals surface area (Å²) in [5, 5.41) is 22.8. The van der Waals surface area contributed by atoms with Gasteiger partial charge in [-0.2, -0.15) is 12.6 Å². The van der Waals surface area contributed by atoms with Crippen LogP contribution in [0.15, 0.2) is 0 Å². The number of carboxylic acids is 2. The fraction of sp³-hybridized carbons (Fsp3) is 0.667. The molecule has 0 radical (unpaired) electrons. The maximum atomic E-state index is 12.6. The molecule has 0 spiro atoms. The van der Waals surface area contributed by atoms with Crippen LogP contribution in [0.1, 0.15) is 26.2 Å². The highest BCUT2D eigenvalue weighted by Crippen LogP contribution is 2.19. The number of nitrogens with two attached hydrogens (primary N) is 1. The van der Waals surface area contributed by atoms with Crippen LogP contribution in [0.2, 0.25) is 0 Å². The summed E-state index contributed by atoms with van der Waals surface area (Å²) in [4.78, 5) is 59.9. The maximum absolute atomic E-state index is 12.6. The minimum Gasteiger partial charge on any atom is -0.481 e. The summed E-state index contributed by atoms with van der Waals surface area (Å²) in [7, 11) is 0. The van der Waals surface area contributed by atoms with Gasteiger partial charge in [0.05, 0.1) is 12.5 Å². The van der Waals surface area contributed by atoms with E-state index in [0.717, 1.165) is 4.90 Å². The second-order valence-electron chi connectivity index (χ2n) is 6.21. The van der Waals surface area contributed by atoms with Gasteiger partial charge in [-0.1, -0.05) is 0 Å². The molecule has 4 atom stereocenters. The van der Waals surface area contributed by atoms with Crippen LogP contribution in [0.3, 0.4) is 0 Å². The van der Waals surface area contributed by atoms with Crippen LogP contribution in [0, 0.1) is 0 Å². The number of hydrogen-bond acceptors (Lipinski definition) is 7. The van der Waals surface area contributed by atoms with Crippen molar-refractivity contribution in [1.29, 1.82) is 0 Å². The number of carboxylic acid groups (broad SMARTS) is 2. The summed E-state index contributed by atoms with van der Waals surface area (Å²) in [6.07, 6.45) is -0.00234. The topological polar surface area (TPSA) is 179 Å². The van der Waals surface area contributed by atoms with Crippen molar-refractivity contribution in [2.75, 3.05) is 12.3 Å². The summed E-state index contributed by atoms with van der Waals surface area (Å²) < 4.78 is 0. The molecule has 0 aromatic heterocycles. The second-order valence-corrected chi connectivity index (χ2v) is 6.57. The highest BCUT2D eigenvalue weighted by atomic mass is 32.1. The predicted molar refractivity (Wildman–Crippen MR) is 96.0 cm³/mol. The Morgan fingerprint density at radius 2 is 1.81 bits per heavy atom. The van der Waals surface area contributed by atoms with E-state index in [1.807, 2.05) is 0 Å². The fourth-order valence-corrected chi connectivity index (χ4v) is 2.79. The zero-order valence-corrected chi connectivity index (χ0v) is 15.6. The van der Waals surface area contributed by atoms with Gasteiger partial charge in [0.15, 0.2) is 0 Å². The van der Waals surface area contributed by atoms with Gasteiger partial charge in [0, 0.05) is 12.3 Å². The molecule has 3 amide bonds. The van der Waals surface area contributed by atoms with Crippen molar-refractivity contribution >= 4 is 42.3 Å². The molecule has 0 aliphatic carbocycles. The Hall–Kier alpha value is -2.34. The van der Waals surface area contributed by atoms with Gasteiger partial charge in [0.25, 0.3) is 0 Å². The lowest BCUT2D eigenvalue weighted by Gasteiger charge is -2.27. The van der Waals surface area contributed by atoms with Crippen molar-refractivity contribution in [3.63, 3.8) is 0 Å². The van der Waals surface area contributed by atoms with Crippen molar-refractivity contribution in [3.8, 4) is 0 Å². The highest BCUT2D eigenvalue weighted by molar-refractivity contribution is 7.80. The molecule has 4 unspecified atom stereocenters. The lowest BCUT2D eigenvalue weighted by Crippen LogP contribution is -2.57. The summed E-state index contributed by atoms with van der Waals surface area (Å²) in [6.45, 7) is 1.50. The van der Waals surface area contributed by atoms with E-state index >= 15 is 0 Å². The molecule has 11 nitrogen and oxygen atoms in total. The first kappa shape index (κ1) is 22.7. The number of hydrogen-bond donors (Lipinski definition) is 6. The van der Waals surface area contributed by atoms with Gasteiger partial charge in [-0.3, -0.25) is 19.2 Å². The first-order valence-corrected chi connectivity index (χ1v) is 8.94. The first-order valence-electron chi connectivity index (χ1n) is 8.30. The van der Waals surface area contributed by atoms with Crippen molar-refractivity contribution in [3.05, 3.63) is 0 Å². The average molecular weight is 404 g/mol. The van der Waals surface area contributed by atoms with Crippen LogP contribution in [0.25, 0.3) is 0 Å². The Labute approximate surface area is 161 Å². The highest BCUT2D eigenvalue weighted by Gasteiger charge is 2.38. The quantitative estimate of drug-likeness (QED) is 0.234. The van der Waals surface area contributed by atoms with E-state index in [2.05, 4.69) is 23.3 Å². The third-order valence-corrected chi connectivity index (χ3v) is 4.49. The number of nitrogens with one attached hydrogen (secondary N) is 2. The van der Waals surface area contributed by atoms with Crippen LogP contribution in [0.5, 0.6) is 0 Å². The molecule has 1 heterocycles. The first-order chi connectivity index (χ1) is 12.6. The maximum Gasteiger partial charge on any atom is 0.326 e. The fourth-order valence-electron chi connectivity index (χ4n) is 2.63. The Morgan fingerprint density at radius 1 is 1.19 bits per heavy atom. The van der Waals surface area contributed by atoms with E-state index < -0.39 is 60.2 Å². The van der Waals surface area contributed by atoms with E-state index in [9.17, 15) is 29.1 Å². The molecule has 1 rings (SSSR count). The molecule has 0 aromatic rings. The van der Waals surface area contributed by atoms with E-state index in [4.69, 9.17) is 10.8 Å². The van der Waals surface area contributed by atoms with Crippen LogP contribution in [-0.4, -0.2) is 81.2 Å². The molecule has 0 bridgehead atoms. The normalized spacial score (nSPS) is 19.7. The van der Waals surface area contributed by atoms with Crippen molar-refractivity contribution in [1.82, 2.24) is 15.5 Å². The largest absolute Gasteiger partial charge is 0.481 e. The molecule has 1 aliphatic rings. The van der Waals surface area contributed by atoms with Gasteiger partial charge in [-0.25, -0.2) is 4.79 Å². The molecule has 1 saturated heterocycles. The third-order valence-electron chi connectivity index (χ3n) is 4.10. The minimum atomic E-state index is -1.45. The van der Waals surface area contributed by atoms with Gasteiger partial charge < -0.3 is 31.5 Å². The number of amides is 3. The van der Waals surface area contributed by atoms with Gasteiger partial charge in [-0.15, -0.1) is 0 Å². The zero-order chi connectivity index (χ0) is 20.7. The summed E-state index contributed by atoms with van der Waals surface area (Å²) in [5.74, 6) is -4.68. The molecule has 152 valence electrons. The van der Waals surface area contributed by atoms with Gasteiger partial charge in [0.2, 0.25) is 17.7 Å². The Bertz CT molecular complexity index is 615. The number of rotatable bonds is 9. The number of thiol groups is 1. The van der Waals surface area contributed by atoms with E-state index in [1.54, 1.807) is 0 Å². The standard InChI is InChI=1S/C15H24N4O7S/c1-7(17-13(23)8(16)6-27)12(22)18-9(5-11(20)21)14(24)19-4-2-3-10(19)15(25)26/h7-10,27H,2-6,16H2,1H3,(H,17,23)(H,18,22)(H,20,21)(H,25,26). The van der Waals surface area contributed by atoms with Crippen molar-refractivity contribution in [2.45, 2.75) is 50.4 Å². The van der Waals surface area contributed by atoms with Crippen LogP contribution in [0.4, 0.5) is 0 Å². The monoisotopic (exact) mass is 404 g/mol. The molecule has 1 aliphatic heterocycles. The van der Waals surface area contributed by atoms with Crippen molar-refractivity contribution < 1.29 is 34.2 Å². The third kappa shape index (κ3) is 6.40. The average Bonchev–Trinajstić information content (AvgIpc) is 3.09. The lowest BCUT2D eigenvalue weighted by atomic mass is 10.1. The van der Waals surface area contributed by atoms with E-state index in [0.29, 0.717) is 6.42 Å². The second kappa shape index (κ2) is 10.1. The molecule has 27 heavy (non-hydrogen) atoms. The van der Waals surface area contributed by atoms with Gasteiger partial charge >= 0.3 is 11.9 Å². The number of aliphatic carboxylic acids is 2. The Kier molecular flexibility index (Phi) is 8.50. The number of carbonyl (C=O) groups excluding carboxylic acids is 3. The predicted octanol–water partition coefficient (Wildman–Crippen LogP) is -2.22. The molecule has 6 N–H and O–H groups in total. The zero-order valence-electron chi connectivity index (χ0n) is 14.8. The minimum absolute atomic E-state index is 0.0613. The molecule has 12 heteroatoms. The molecule has 0 saturated carbocycles. The van der Waals surface area contributed by atoms with E-state index in [-0.39, 0.29) is 18.7 Å². The molecular weight excluding hydrogens is 380 g/mol. The van der Waals surface area contributed by atoms with Crippen LogP contribution < -0.4 is 16.4 Å². The van der Waals surface area contributed by atoms with E-state index in [1.165, 1.54) is 6.92 Å². The Morgan fingerprint density at radius 3 is 2.33 bits per heavy atom. The smallest absolute Gasteiger partial charge is 0.326 e. The lowest BCUT2D eigenvalue weighted by molar-refractivity contribution is -0.150. The number of nitrogens with zero attached hydrogens (tertiary/aromatic N) is 1. The summed E-state index contributed by atoms with van der Waals surface area (Å²) >= 11 is 3.87. The Balaban J connectivity index is 2.83. The molecule has 1 fully saturated rings. The van der Waals surface area contributed by atoms with Crippen LogP contribution >= 0.6 is 12.6 Å². The van der Waals surface area contributed by atoms with Crippen LogP contribution in [-0.2, 0) is 24.0 Å². The number of likely N-dealkylation sites (tertiary alicyclic amines) is 1. The van der Waals surface area contributed by atoms with Gasteiger partial charge in [0.1, 0.15) is 18.1 Å².